The van der Waals surface area contributed by atoms with E-state index >= 15 is 0 Å². The van der Waals surface area contributed by atoms with Crippen molar-refractivity contribution in [3.05, 3.63) is 52.2 Å². The van der Waals surface area contributed by atoms with Gasteiger partial charge in [0.2, 0.25) is 5.90 Å². The lowest BCUT2D eigenvalue weighted by Crippen LogP contribution is -2.62. The van der Waals surface area contributed by atoms with Crippen LogP contribution < -0.4 is 5.73 Å². The molecule has 1 aromatic rings. The predicted molar refractivity (Wildman–Crippen MR) is 171 cm³/mol. The smallest absolute Gasteiger partial charge is 0.303 e. The summed E-state index contributed by atoms with van der Waals surface area (Å²) in [7, 11) is -3.49. The maximum absolute atomic E-state index is 11.9. The molecular weight excluding hydrogens is 636 g/mol. The fraction of sp³-hybridized carbons (Fsp3) is 0.562. The van der Waals surface area contributed by atoms with E-state index in [1.54, 1.807) is 0 Å². The third kappa shape index (κ3) is 13.1. The Hall–Kier alpha value is -3.79. The van der Waals surface area contributed by atoms with Crippen molar-refractivity contribution >= 4 is 40.0 Å². The van der Waals surface area contributed by atoms with E-state index in [9.17, 15) is 27.9 Å². The minimum absolute atomic E-state index is 0.0449. The van der Waals surface area contributed by atoms with Crippen molar-refractivity contribution in [1.29, 1.82) is 5.41 Å². The van der Waals surface area contributed by atoms with E-state index in [0.717, 1.165) is 36.8 Å². The molecule has 47 heavy (non-hydrogen) atoms. The molecule has 0 aliphatic carbocycles. The van der Waals surface area contributed by atoms with Crippen molar-refractivity contribution in [1.82, 2.24) is 0 Å². The molecule has 1 aliphatic rings. The summed E-state index contributed by atoms with van der Waals surface area (Å²) in [6.07, 6.45) is -1.15. The molecule has 0 saturated carbocycles. The number of benzene rings is 1. The second kappa shape index (κ2) is 17.9. The number of hydrogen-bond donors (Lipinski definition) is 3. The zero-order valence-corrected chi connectivity index (χ0v) is 28.6. The number of esters is 3. The summed E-state index contributed by atoms with van der Waals surface area (Å²) in [5.41, 5.74) is 9.97. The van der Waals surface area contributed by atoms with Crippen LogP contribution in [-0.2, 0) is 58.8 Å². The van der Waals surface area contributed by atoms with E-state index in [0.29, 0.717) is 17.7 Å². The lowest BCUT2D eigenvalue weighted by atomic mass is 9.94. The van der Waals surface area contributed by atoms with E-state index < -0.39 is 58.5 Å². The summed E-state index contributed by atoms with van der Waals surface area (Å²) in [4.78, 5) is 35.1. The highest BCUT2D eigenvalue weighted by Gasteiger charge is 2.49. The van der Waals surface area contributed by atoms with Crippen LogP contribution in [0.5, 0.6) is 0 Å². The molecule has 0 radical (unpaired) electrons. The highest BCUT2D eigenvalue weighted by Crippen LogP contribution is 2.28. The average Bonchev–Trinajstić information content (AvgIpc) is 2.95. The molecular formula is C32H46N2O12S. The molecule has 5 atom stereocenters. The summed E-state index contributed by atoms with van der Waals surface area (Å²) in [6.45, 7) is 8.44. The summed E-state index contributed by atoms with van der Waals surface area (Å²) >= 11 is 0. The molecule has 0 bridgehead atoms. The van der Waals surface area contributed by atoms with Gasteiger partial charge in [-0.15, -0.1) is 0 Å². The van der Waals surface area contributed by atoms with Crippen LogP contribution in [0.2, 0.25) is 0 Å². The summed E-state index contributed by atoms with van der Waals surface area (Å²) in [5, 5.41) is 19.9. The minimum atomic E-state index is -3.49. The average molecular weight is 683 g/mol. The molecule has 1 heterocycles. The van der Waals surface area contributed by atoms with Gasteiger partial charge in [-0.25, -0.2) is 0 Å². The molecule has 0 amide bonds. The molecule has 0 spiro atoms. The Bertz CT molecular complexity index is 1450. The Labute approximate surface area is 275 Å². The van der Waals surface area contributed by atoms with E-state index in [2.05, 4.69) is 0 Å². The van der Waals surface area contributed by atoms with Crippen molar-refractivity contribution in [2.75, 3.05) is 26.1 Å². The molecule has 2 rings (SSSR count). The predicted octanol–water partition coefficient (Wildman–Crippen LogP) is 2.33. The SMILES string of the molecule is CC(=O)OC[C@H]1O[C@@H](COC(=N)/C(Cc2ccc(/C=C/CCOS(C)(=O)=O)cc2C)=C(\N)C(C)C)[C@H](OC(C)=O)[C@@H](O)[C@@H]1OC(C)=O. The van der Waals surface area contributed by atoms with Gasteiger partial charge in [0.05, 0.1) is 12.9 Å². The van der Waals surface area contributed by atoms with Gasteiger partial charge in [-0.3, -0.25) is 24.0 Å². The first-order chi connectivity index (χ1) is 21.9. The Kier molecular flexibility index (Phi) is 15.0. The molecule has 15 heteroatoms. The van der Waals surface area contributed by atoms with Gasteiger partial charge >= 0.3 is 17.9 Å². The van der Waals surface area contributed by atoms with Crippen molar-refractivity contribution in [3.8, 4) is 0 Å². The number of hydrogen-bond acceptors (Lipinski definition) is 14. The molecule has 0 unspecified atom stereocenters. The van der Waals surface area contributed by atoms with Crippen LogP contribution in [0.1, 0.15) is 57.7 Å². The second-order valence-electron chi connectivity index (χ2n) is 11.5. The van der Waals surface area contributed by atoms with Gasteiger partial charge in [0, 0.05) is 38.5 Å². The van der Waals surface area contributed by atoms with Crippen LogP contribution in [0.3, 0.4) is 0 Å². The number of aryl methyl sites for hydroxylation is 1. The number of aliphatic hydroxyl groups excluding tert-OH is 1. The molecule has 14 nitrogen and oxygen atoms in total. The van der Waals surface area contributed by atoms with Gasteiger partial charge < -0.3 is 34.5 Å². The van der Waals surface area contributed by atoms with Gasteiger partial charge in [-0.1, -0.05) is 44.2 Å². The number of ether oxygens (including phenoxy) is 5. The topological polar surface area (TPSA) is 211 Å². The first-order valence-electron chi connectivity index (χ1n) is 15.0. The number of carbonyl (C=O) groups excluding carboxylic acids is 3. The zero-order chi connectivity index (χ0) is 35.5. The molecule has 1 fully saturated rings. The molecule has 1 aromatic carbocycles. The maximum Gasteiger partial charge on any atom is 0.303 e. The van der Waals surface area contributed by atoms with Gasteiger partial charge in [-0.2, -0.15) is 8.42 Å². The van der Waals surface area contributed by atoms with Crippen LogP contribution in [0.15, 0.2) is 35.5 Å². The first kappa shape index (κ1) is 39.4. The standard InChI is InChI=1S/C32H46N2O12S/c1-18(2)28(33)25(15-24-12-11-23(14-19(24)3)10-8-9-13-43-47(7,39)40)32(34)42-17-27-31(45-22(6)37)29(38)30(44-21(5)36)26(46-27)16-41-20(4)35/h8,10-12,14,18,26-27,29-31,34,38H,9,13,15-17,33H2,1-7H3/b10-8+,28-25-,34-32?/t26-,27+,29+,30-,31+/m1/s1. The second-order valence-corrected chi connectivity index (χ2v) is 13.1. The lowest BCUT2D eigenvalue weighted by molar-refractivity contribution is -0.250. The number of allylic oxidation sites excluding steroid dienone is 1. The van der Waals surface area contributed by atoms with Crippen molar-refractivity contribution in [2.45, 2.75) is 84.9 Å². The molecule has 4 N–H and O–H groups in total. The first-order valence-corrected chi connectivity index (χ1v) is 16.8. The van der Waals surface area contributed by atoms with Gasteiger partial charge in [0.1, 0.15) is 31.5 Å². The van der Waals surface area contributed by atoms with E-state index in [-0.39, 0.29) is 38.1 Å². The molecule has 0 aromatic heterocycles. The third-order valence-corrected chi connectivity index (χ3v) is 7.67. The largest absolute Gasteiger partial charge is 0.475 e. The highest BCUT2D eigenvalue weighted by molar-refractivity contribution is 7.85. The van der Waals surface area contributed by atoms with Gasteiger partial charge in [0.25, 0.3) is 10.1 Å². The van der Waals surface area contributed by atoms with Crippen LogP contribution >= 0.6 is 0 Å². The van der Waals surface area contributed by atoms with Crippen LogP contribution in [-0.4, -0.2) is 93.9 Å². The molecule has 262 valence electrons. The van der Waals surface area contributed by atoms with Crippen LogP contribution in [0.4, 0.5) is 0 Å². The van der Waals surface area contributed by atoms with E-state index in [1.807, 2.05) is 51.1 Å². The van der Waals surface area contributed by atoms with E-state index in [4.69, 9.17) is 39.0 Å². The Balaban J connectivity index is 2.26. The molecule has 1 saturated heterocycles. The number of rotatable bonds is 15. The van der Waals surface area contributed by atoms with Crippen LogP contribution in [0, 0.1) is 18.3 Å². The number of carbonyl (C=O) groups is 3. The fourth-order valence-electron chi connectivity index (χ4n) is 4.76. The quantitative estimate of drug-likeness (QED) is 0.0606. The zero-order valence-electron chi connectivity index (χ0n) is 27.8. The van der Waals surface area contributed by atoms with E-state index in [1.165, 1.54) is 6.92 Å². The van der Waals surface area contributed by atoms with Crippen molar-refractivity contribution < 1.29 is 55.8 Å². The Morgan fingerprint density at radius 3 is 2.09 bits per heavy atom. The highest BCUT2D eigenvalue weighted by atomic mass is 32.2. The maximum atomic E-state index is 11.9. The van der Waals surface area contributed by atoms with Gasteiger partial charge in [-0.05, 0) is 36.0 Å². The monoisotopic (exact) mass is 682 g/mol. The summed E-state index contributed by atoms with van der Waals surface area (Å²) < 4.78 is 54.4. The van der Waals surface area contributed by atoms with Crippen molar-refractivity contribution in [2.24, 2.45) is 11.7 Å². The third-order valence-electron chi connectivity index (χ3n) is 7.07. The normalized spacial score (nSPS) is 22.0. The lowest BCUT2D eigenvalue weighted by Gasteiger charge is -2.43. The summed E-state index contributed by atoms with van der Waals surface area (Å²) in [5.74, 6) is -2.49. The summed E-state index contributed by atoms with van der Waals surface area (Å²) in [6, 6.07) is 5.73. The number of aliphatic hydroxyl groups is 1. The fourth-order valence-corrected chi connectivity index (χ4v) is 5.16. The van der Waals surface area contributed by atoms with Gasteiger partial charge in [0.15, 0.2) is 12.2 Å². The Morgan fingerprint density at radius 2 is 1.60 bits per heavy atom. The number of nitrogens with one attached hydrogen (secondary N) is 1. The molecule has 1 aliphatic heterocycles. The minimum Gasteiger partial charge on any atom is -0.475 e. The number of nitrogens with two attached hydrogens (primary N) is 1. The van der Waals surface area contributed by atoms with Crippen molar-refractivity contribution in [3.63, 3.8) is 0 Å². The van der Waals surface area contributed by atoms with Crippen LogP contribution in [0.25, 0.3) is 6.08 Å². The Morgan fingerprint density at radius 1 is 1.02 bits per heavy atom.